The molecule has 0 saturated carbocycles. The molecule has 3 aromatic carbocycles. The molecule has 47 heavy (non-hydrogen) atoms. The van der Waals surface area contributed by atoms with Crippen LogP contribution in [0.5, 0.6) is 40.2 Å². The second kappa shape index (κ2) is 13.7. The summed E-state index contributed by atoms with van der Waals surface area (Å²) in [4.78, 5) is 26.2. The Morgan fingerprint density at radius 2 is 1.43 bits per heavy atom. The fraction of sp³-hybridized carbons (Fsp3) is 0.312. The van der Waals surface area contributed by atoms with Crippen molar-refractivity contribution in [1.82, 2.24) is 0 Å². The van der Waals surface area contributed by atoms with E-state index >= 15 is 0 Å². The number of carbonyl (C=O) groups is 1. The van der Waals surface area contributed by atoms with E-state index in [4.69, 9.17) is 37.6 Å². The normalized spacial score (nSPS) is 20.8. The van der Waals surface area contributed by atoms with Gasteiger partial charge in [0.05, 0.1) is 40.6 Å². The molecular weight excluding hydrogens is 624 g/mol. The number of fused-ring (bicyclic) bond motifs is 1. The molecule has 0 spiro atoms. The van der Waals surface area contributed by atoms with Gasteiger partial charge in [-0.25, -0.2) is 4.79 Å². The Balaban J connectivity index is 1.51. The highest BCUT2D eigenvalue weighted by atomic mass is 16.7. The molecule has 1 saturated heterocycles. The Kier molecular flexibility index (Phi) is 9.74. The van der Waals surface area contributed by atoms with Gasteiger partial charge in [-0.05, 0) is 36.4 Å². The van der Waals surface area contributed by atoms with Crippen molar-refractivity contribution >= 4 is 16.9 Å². The average molecular weight is 657 g/mol. The van der Waals surface area contributed by atoms with Gasteiger partial charge in [0.1, 0.15) is 46.9 Å². The Hall–Kier alpha value is -5.06. The Morgan fingerprint density at radius 1 is 0.809 bits per heavy atom. The molecule has 0 unspecified atom stereocenters. The third kappa shape index (κ3) is 6.34. The third-order valence-electron chi connectivity index (χ3n) is 7.48. The molecule has 15 heteroatoms. The minimum Gasteiger partial charge on any atom is -0.504 e. The van der Waals surface area contributed by atoms with Gasteiger partial charge in [0.25, 0.3) is 0 Å². The van der Waals surface area contributed by atoms with Crippen LogP contribution in [0.1, 0.15) is 10.4 Å². The first-order chi connectivity index (χ1) is 22.5. The van der Waals surface area contributed by atoms with Gasteiger partial charge < -0.3 is 63.1 Å². The van der Waals surface area contributed by atoms with Gasteiger partial charge in [-0.3, -0.25) is 4.79 Å². The van der Waals surface area contributed by atoms with Crippen molar-refractivity contribution in [2.45, 2.75) is 30.7 Å². The van der Waals surface area contributed by atoms with Crippen LogP contribution < -0.4 is 33.8 Å². The zero-order valence-electron chi connectivity index (χ0n) is 25.5. The summed E-state index contributed by atoms with van der Waals surface area (Å²) in [6, 6.07) is 11.3. The van der Waals surface area contributed by atoms with Gasteiger partial charge in [0.15, 0.2) is 28.4 Å². The quantitative estimate of drug-likeness (QED) is 0.121. The smallest absolute Gasteiger partial charge is 0.343 e. The van der Waals surface area contributed by atoms with Crippen LogP contribution in [0.3, 0.4) is 0 Å². The van der Waals surface area contributed by atoms with Gasteiger partial charge in [-0.1, -0.05) is 0 Å². The Labute approximate surface area is 266 Å². The van der Waals surface area contributed by atoms with E-state index in [1.54, 1.807) is 12.1 Å². The van der Waals surface area contributed by atoms with E-state index in [0.29, 0.717) is 5.75 Å². The molecule has 1 aromatic heterocycles. The van der Waals surface area contributed by atoms with E-state index in [2.05, 4.69) is 0 Å². The highest BCUT2D eigenvalue weighted by Gasteiger charge is 2.45. The predicted octanol–water partition coefficient (Wildman–Crippen LogP) is 1.60. The molecule has 4 aromatic rings. The second-order valence-electron chi connectivity index (χ2n) is 10.2. The molecule has 2 heterocycles. The number of rotatable bonds is 10. The van der Waals surface area contributed by atoms with Gasteiger partial charge in [-0.15, -0.1) is 0 Å². The molecule has 5 N–H and O–H groups in total. The van der Waals surface area contributed by atoms with Crippen LogP contribution in [0, 0.1) is 0 Å². The van der Waals surface area contributed by atoms with Crippen molar-refractivity contribution < 1.29 is 67.9 Å². The van der Waals surface area contributed by atoms with Gasteiger partial charge in [-0.2, -0.15) is 0 Å². The van der Waals surface area contributed by atoms with Crippen molar-refractivity contribution in [3.8, 4) is 51.6 Å². The van der Waals surface area contributed by atoms with Crippen LogP contribution in [0.2, 0.25) is 0 Å². The zero-order valence-corrected chi connectivity index (χ0v) is 25.5. The van der Waals surface area contributed by atoms with Crippen molar-refractivity contribution in [2.75, 3.05) is 35.0 Å². The molecular formula is C32H32O15. The molecule has 0 amide bonds. The number of benzene rings is 3. The molecule has 15 nitrogen and oxygen atoms in total. The van der Waals surface area contributed by atoms with Crippen molar-refractivity contribution in [1.29, 1.82) is 0 Å². The highest BCUT2D eigenvalue weighted by molar-refractivity contribution is 5.95. The summed E-state index contributed by atoms with van der Waals surface area (Å²) in [6.07, 6.45) is -7.74. The minimum absolute atomic E-state index is 0.00270. The molecule has 5 atom stereocenters. The first kappa shape index (κ1) is 33.3. The van der Waals surface area contributed by atoms with Gasteiger partial charge in [0, 0.05) is 17.7 Å². The van der Waals surface area contributed by atoms with Crippen LogP contribution in [-0.4, -0.2) is 97.3 Å². The van der Waals surface area contributed by atoms with Crippen LogP contribution in [0.4, 0.5) is 0 Å². The molecule has 1 aliphatic rings. The Bertz CT molecular complexity index is 1790. The van der Waals surface area contributed by atoms with Crippen molar-refractivity contribution in [2.24, 2.45) is 0 Å². The second-order valence-corrected chi connectivity index (χ2v) is 10.2. The fourth-order valence-electron chi connectivity index (χ4n) is 4.95. The average Bonchev–Trinajstić information content (AvgIpc) is 3.08. The molecule has 1 fully saturated rings. The monoisotopic (exact) mass is 656 g/mol. The zero-order chi connectivity index (χ0) is 34.0. The Morgan fingerprint density at radius 3 is 2.00 bits per heavy atom. The maximum atomic E-state index is 13.4. The molecule has 0 radical (unpaired) electrons. The summed E-state index contributed by atoms with van der Waals surface area (Å²) in [6.45, 7) is -0.661. The highest BCUT2D eigenvalue weighted by Crippen LogP contribution is 2.45. The SMILES string of the molecule is COc1ccc(C(=O)Oc2c(OC)cc3oc(-c4cc(OC)c(O[C@@H]5O[C@H](CO)[C@@H](O)[C@H](O)[C@H]5O)c(OC)c4)cc(=O)c3c2O)cc1. The number of aliphatic hydroxyl groups excluding tert-OH is 4. The number of ether oxygens (including phenoxy) is 7. The van der Waals surface area contributed by atoms with Crippen LogP contribution in [0.25, 0.3) is 22.3 Å². The maximum Gasteiger partial charge on any atom is 0.343 e. The largest absolute Gasteiger partial charge is 0.504 e. The number of phenols is 1. The first-order valence-electron chi connectivity index (χ1n) is 14.0. The lowest BCUT2D eigenvalue weighted by molar-refractivity contribution is -0.277. The minimum atomic E-state index is -1.71. The summed E-state index contributed by atoms with van der Waals surface area (Å²) in [5.41, 5.74) is -0.391. The standard InChI is InChI=1S/C32H32O15/c1-40-16-7-5-14(6-8-16)31(39)46-30-22(43-4)12-19-24(26(30)36)17(34)11-18(44-19)15-9-20(41-2)29(21(10-15)42-3)47-32-28(38)27(37)25(35)23(13-33)45-32/h5-12,23,25,27-28,32-33,35-38H,13H2,1-4H3/t23-,25-,27+,28-,32+/m1/s1. The summed E-state index contributed by atoms with van der Waals surface area (Å²) in [5.74, 6) is -1.49. The van der Waals surface area contributed by atoms with E-state index in [-0.39, 0.29) is 56.6 Å². The maximum absolute atomic E-state index is 13.4. The number of aromatic hydroxyl groups is 1. The fourth-order valence-corrected chi connectivity index (χ4v) is 4.95. The van der Waals surface area contributed by atoms with E-state index in [1.165, 1.54) is 58.8 Å². The third-order valence-corrected chi connectivity index (χ3v) is 7.48. The molecule has 0 aliphatic carbocycles. The van der Waals surface area contributed by atoms with Crippen LogP contribution in [0.15, 0.2) is 57.7 Å². The molecule has 5 rings (SSSR count). The predicted molar refractivity (Wildman–Crippen MR) is 162 cm³/mol. The lowest BCUT2D eigenvalue weighted by Gasteiger charge is -2.39. The molecule has 0 bridgehead atoms. The number of phenolic OH excluding ortho intramolecular Hbond substituents is 1. The number of hydrogen-bond acceptors (Lipinski definition) is 15. The first-order valence-corrected chi connectivity index (χ1v) is 14.0. The van der Waals surface area contributed by atoms with Crippen molar-refractivity contribution in [3.63, 3.8) is 0 Å². The van der Waals surface area contributed by atoms with Gasteiger partial charge >= 0.3 is 5.97 Å². The number of methoxy groups -OCH3 is 4. The number of esters is 1. The topological polar surface area (TPSA) is 213 Å². The van der Waals surface area contributed by atoms with Crippen LogP contribution >= 0.6 is 0 Å². The van der Waals surface area contributed by atoms with E-state index < -0.39 is 54.5 Å². The lowest BCUT2D eigenvalue weighted by atomic mass is 9.99. The van der Waals surface area contributed by atoms with Crippen LogP contribution in [-0.2, 0) is 4.74 Å². The summed E-state index contributed by atoms with van der Waals surface area (Å²) >= 11 is 0. The van der Waals surface area contributed by atoms with E-state index in [0.717, 1.165) is 6.07 Å². The molecule has 1 aliphatic heterocycles. The summed E-state index contributed by atoms with van der Waals surface area (Å²) < 4.78 is 44.0. The van der Waals surface area contributed by atoms with Crippen molar-refractivity contribution in [3.05, 3.63) is 64.3 Å². The summed E-state index contributed by atoms with van der Waals surface area (Å²) in [5, 5.41) is 51.0. The summed E-state index contributed by atoms with van der Waals surface area (Å²) in [7, 11) is 5.38. The van der Waals surface area contributed by atoms with E-state index in [9.17, 15) is 35.1 Å². The lowest BCUT2D eigenvalue weighted by Crippen LogP contribution is -2.60. The number of hydrogen-bond donors (Lipinski definition) is 5. The van der Waals surface area contributed by atoms with Gasteiger partial charge in [0.2, 0.25) is 17.8 Å². The number of aliphatic hydroxyl groups is 4. The molecule has 250 valence electrons. The van der Waals surface area contributed by atoms with E-state index in [1.807, 2.05) is 0 Å². The number of carbonyl (C=O) groups excluding carboxylic acids is 1.